The van der Waals surface area contributed by atoms with E-state index in [9.17, 15) is 15.0 Å². The van der Waals surface area contributed by atoms with Crippen LogP contribution in [0.3, 0.4) is 0 Å². The van der Waals surface area contributed by atoms with E-state index in [0.29, 0.717) is 19.3 Å². The Bertz CT molecular complexity index is 1360. The number of rotatable bonds is 8. The summed E-state index contributed by atoms with van der Waals surface area (Å²) >= 11 is 0. The van der Waals surface area contributed by atoms with Gasteiger partial charge in [0.25, 0.3) is 0 Å². The predicted molar refractivity (Wildman–Crippen MR) is 200 cm³/mol. The summed E-state index contributed by atoms with van der Waals surface area (Å²) in [5.74, 6) is -2.28. The fraction of sp³-hybridized carbons (Fsp3) is 0.927. The Morgan fingerprint density at radius 1 is 0.963 bits per heavy atom. The predicted octanol–water partition coefficient (Wildman–Crippen LogP) is 5.08. The average Bonchev–Trinajstić information content (AvgIpc) is 3.56. The molecule has 5 heterocycles. The van der Waals surface area contributed by atoms with Crippen LogP contribution in [0.4, 0.5) is 0 Å². The molecule has 5 aliphatic rings. The standard InChI is InChI=1S/C41H71NO12/c1-16-28-41(13)35(53-38(9,10)54-41)23(5)31-21(3)19-40(12,52-31)34(51-37-30(43)27(42(14)17-2)18-22(4)47-37)24(6)32(25(7)36(45)49-28)50-29-20-39(11,46-15)33(44)26(8)48-29/h22-30,32-35,37,43-44H,16-20H2,1-15H3/t22-,23+,24+,25-,26+,27+,28-,29+,30-,32+,33+,34-,35-,37+,39-,40-,41-/m1/s1. The maximum atomic E-state index is 14.5. The number of fused-ring (bicyclic) bond motifs is 3. The lowest BCUT2D eigenvalue weighted by atomic mass is 9.78. The number of aliphatic hydroxyl groups is 2. The molecule has 0 spiro atoms. The molecule has 5 aliphatic heterocycles. The largest absolute Gasteiger partial charge is 0.489 e. The van der Waals surface area contributed by atoms with Crippen molar-refractivity contribution in [3.05, 3.63) is 11.3 Å². The van der Waals surface area contributed by atoms with Gasteiger partial charge in [-0.15, -0.1) is 0 Å². The molecule has 0 saturated carbocycles. The number of esters is 1. The highest BCUT2D eigenvalue weighted by molar-refractivity contribution is 5.73. The smallest absolute Gasteiger partial charge is 0.311 e. The lowest BCUT2D eigenvalue weighted by Crippen LogP contribution is -2.60. The second-order valence-electron chi connectivity index (χ2n) is 18.0. The molecule has 0 unspecified atom stereocenters. The van der Waals surface area contributed by atoms with E-state index in [1.165, 1.54) is 0 Å². The van der Waals surface area contributed by atoms with Crippen LogP contribution in [-0.4, -0.2) is 132 Å². The summed E-state index contributed by atoms with van der Waals surface area (Å²) in [4.78, 5) is 16.7. The zero-order valence-electron chi connectivity index (χ0n) is 35.5. The van der Waals surface area contributed by atoms with Crippen molar-refractivity contribution < 1.29 is 57.6 Å². The van der Waals surface area contributed by atoms with Crippen LogP contribution in [0.1, 0.15) is 116 Å². The van der Waals surface area contributed by atoms with E-state index >= 15 is 0 Å². The molecule has 0 amide bonds. The average molecular weight is 770 g/mol. The molecule has 17 atom stereocenters. The van der Waals surface area contributed by atoms with Crippen molar-refractivity contribution >= 4 is 5.97 Å². The van der Waals surface area contributed by atoms with Crippen LogP contribution in [0, 0.1) is 17.8 Å². The number of cyclic esters (lactones) is 1. The van der Waals surface area contributed by atoms with Crippen LogP contribution in [0.15, 0.2) is 11.3 Å². The number of ether oxygens (including phenoxy) is 9. The second kappa shape index (κ2) is 16.1. The van der Waals surface area contributed by atoms with E-state index in [4.69, 9.17) is 42.6 Å². The molecule has 2 N–H and O–H groups in total. The number of carbonyl (C=O) groups excluding carboxylic acids is 1. The Morgan fingerprint density at radius 2 is 1.63 bits per heavy atom. The molecule has 4 fully saturated rings. The highest BCUT2D eigenvalue weighted by atomic mass is 16.8. The van der Waals surface area contributed by atoms with Crippen molar-refractivity contribution in [1.29, 1.82) is 0 Å². The number of aliphatic hydroxyl groups excluding tert-OH is 2. The molecule has 0 radical (unpaired) electrons. The van der Waals surface area contributed by atoms with Crippen molar-refractivity contribution in [3.63, 3.8) is 0 Å². The van der Waals surface area contributed by atoms with Gasteiger partial charge in [0.15, 0.2) is 18.4 Å². The minimum Gasteiger partial charge on any atom is -0.489 e. The van der Waals surface area contributed by atoms with Crippen molar-refractivity contribution in [2.45, 2.75) is 206 Å². The lowest BCUT2D eigenvalue weighted by Gasteiger charge is -2.48. The molecule has 13 nitrogen and oxygen atoms in total. The van der Waals surface area contributed by atoms with Gasteiger partial charge in [0.1, 0.15) is 47.5 Å². The first-order chi connectivity index (χ1) is 25.0. The van der Waals surface area contributed by atoms with Gasteiger partial charge in [-0.3, -0.25) is 4.79 Å². The van der Waals surface area contributed by atoms with Gasteiger partial charge >= 0.3 is 5.97 Å². The van der Waals surface area contributed by atoms with Gasteiger partial charge in [0.05, 0.1) is 29.8 Å². The molecule has 0 aromatic carbocycles. The van der Waals surface area contributed by atoms with Gasteiger partial charge in [0, 0.05) is 37.8 Å². The number of likely N-dealkylation sites (N-methyl/N-ethyl adjacent to an activating group) is 1. The monoisotopic (exact) mass is 769 g/mol. The van der Waals surface area contributed by atoms with Crippen LogP contribution in [0.25, 0.3) is 0 Å². The van der Waals surface area contributed by atoms with Gasteiger partial charge in [-0.2, -0.15) is 0 Å². The lowest BCUT2D eigenvalue weighted by molar-refractivity contribution is -0.317. The van der Waals surface area contributed by atoms with Crippen molar-refractivity contribution in [3.8, 4) is 0 Å². The van der Waals surface area contributed by atoms with Crippen LogP contribution < -0.4 is 0 Å². The molecule has 2 bridgehead atoms. The summed E-state index contributed by atoms with van der Waals surface area (Å²) in [6.07, 6.45) is -5.37. The van der Waals surface area contributed by atoms with E-state index < -0.39 is 95.7 Å². The van der Waals surface area contributed by atoms with Crippen molar-refractivity contribution in [2.24, 2.45) is 17.8 Å². The van der Waals surface area contributed by atoms with Crippen LogP contribution in [0.5, 0.6) is 0 Å². The molecular formula is C41H71NO12. The summed E-state index contributed by atoms with van der Waals surface area (Å²) in [6.45, 7) is 26.1. The minimum absolute atomic E-state index is 0.182. The summed E-state index contributed by atoms with van der Waals surface area (Å²) in [5, 5.41) is 22.8. The summed E-state index contributed by atoms with van der Waals surface area (Å²) in [7, 11) is 3.55. The van der Waals surface area contributed by atoms with Crippen molar-refractivity contribution in [2.75, 3.05) is 20.7 Å². The third-order valence-electron chi connectivity index (χ3n) is 13.2. The topological polar surface area (TPSA) is 144 Å². The third-order valence-corrected chi connectivity index (χ3v) is 13.2. The van der Waals surface area contributed by atoms with E-state index in [-0.39, 0.29) is 24.5 Å². The number of methoxy groups -OCH3 is 1. The normalized spacial score (nSPS) is 48.7. The zero-order valence-corrected chi connectivity index (χ0v) is 35.5. The summed E-state index contributed by atoms with van der Waals surface area (Å²) in [6, 6.07) is -0.190. The molecule has 0 aromatic heterocycles. The number of nitrogens with zero attached hydrogens (tertiary/aromatic N) is 1. The molecular weight excluding hydrogens is 698 g/mol. The van der Waals surface area contributed by atoms with Crippen LogP contribution >= 0.6 is 0 Å². The number of hydrogen-bond acceptors (Lipinski definition) is 13. The summed E-state index contributed by atoms with van der Waals surface area (Å²) in [5.41, 5.74) is -1.90. The van der Waals surface area contributed by atoms with Gasteiger partial charge in [0.2, 0.25) is 0 Å². The minimum atomic E-state index is -1.01. The van der Waals surface area contributed by atoms with E-state index in [2.05, 4.69) is 25.7 Å². The fourth-order valence-electron chi connectivity index (χ4n) is 10.1. The Balaban J connectivity index is 1.62. The Kier molecular flexibility index (Phi) is 13.0. The van der Waals surface area contributed by atoms with E-state index in [0.717, 1.165) is 17.9 Å². The Labute approximate surface area is 323 Å². The van der Waals surface area contributed by atoms with Crippen LogP contribution in [0.2, 0.25) is 0 Å². The van der Waals surface area contributed by atoms with E-state index in [1.807, 2.05) is 62.4 Å². The second-order valence-corrected chi connectivity index (χ2v) is 18.0. The third kappa shape index (κ3) is 8.15. The molecule has 54 heavy (non-hydrogen) atoms. The Morgan fingerprint density at radius 3 is 2.24 bits per heavy atom. The van der Waals surface area contributed by atoms with Gasteiger partial charge < -0.3 is 57.7 Å². The van der Waals surface area contributed by atoms with Gasteiger partial charge in [-0.05, 0) is 94.3 Å². The molecule has 0 aliphatic carbocycles. The van der Waals surface area contributed by atoms with Gasteiger partial charge in [-0.1, -0.05) is 27.7 Å². The molecule has 5 rings (SSSR count). The number of carbonyl (C=O) groups is 1. The number of hydrogen-bond donors (Lipinski definition) is 2. The SMILES string of the molecule is CC[C@H]1OC(=O)[C@H](C)[C@@H](O[C@H]2C[C@@](C)(OC)[C@@H](O)[C@H](C)O2)[C@H](C)[C@@H](O[C@@H]2O[C@H](C)C[C@H](N(C)CC)[C@H]2O)[C@@]2(C)CC(C)=C(O2)[C@H](C)[C@H]2OC(C)(C)O[C@@]21C. The maximum absolute atomic E-state index is 14.5. The molecule has 4 saturated heterocycles. The maximum Gasteiger partial charge on any atom is 0.311 e. The summed E-state index contributed by atoms with van der Waals surface area (Å²) < 4.78 is 59.3. The fourth-order valence-corrected chi connectivity index (χ4v) is 10.1. The first-order valence-corrected chi connectivity index (χ1v) is 20.2. The highest BCUT2D eigenvalue weighted by Crippen LogP contribution is 2.51. The highest BCUT2D eigenvalue weighted by Gasteiger charge is 2.61. The first-order valence-electron chi connectivity index (χ1n) is 20.2. The first kappa shape index (κ1) is 43.7. The molecule has 13 heteroatoms. The quantitative estimate of drug-likeness (QED) is 0.317. The Hall–Kier alpha value is -1.39. The van der Waals surface area contributed by atoms with Crippen LogP contribution in [-0.2, 0) is 47.4 Å². The van der Waals surface area contributed by atoms with Gasteiger partial charge in [-0.25, -0.2) is 0 Å². The van der Waals surface area contributed by atoms with Crippen molar-refractivity contribution in [1.82, 2.24) is 4.90 Å². The molecule has 312 valence electrons. The zero-order chi connectivity index (χ0) is 40.3. The van der Waals surface area contributed by atoms with E-state index in [1.54, 1.807) is 21.0 Å². The molecule has 0 aromatic rings.